The van der Waals surface area contributed by atoms with Crippen LogP contribution in [0, 0.1) is 17.8 Å². The molecule has 0 aromatic rings. The van der Waals surface area contributed by atoms with E-state index in [0.29, 0.717) is 25.7 Å². The van der Waals surface area contributed by atoms with Crippen LogP contribution < -0.4 is 0 Å². The minimum absolute atomic E-state index is 0.105. The number of rotatable bonds is 79. The third-order valence-corrected chi connectivity index (χ3v) is 21.1. The predicted octanol–water partition coefficient (Wildman–Crippen LogP) is 24.1. The van der Waals surface area contributed by atoms with Gasteiger partial charge < -0.3 is 33.8 Å². The van der Waals surface area contributed by atoms with Crippen LogP contribution in [0.25, 0.3) is 0 Å². The molecule has 0 aromatic heterocycles. The summed E-state index contributed by atoms with van der Waals surface area (Å²) in [5.41, 5.74) is 0. The monoisotopic (exact) mass is 1470 g/mol. The molecule has 0 heterocycles. The maximum atomic E-state index is 13.1. The van der Waals surface area contributed by atoms with E-state index >= 15 is 0 Å². The molecule has 0 amide bonds. The lowest BCUT2D eigenvalue weighted by molar-refractivity contribution is -0.161. The lowest BCUT2D eigenvalue weighted by atomic mass is 9.99. The average molecular weight is 1470 g/mol. The van der Waals surface area contributed by atoms with Crippen molar-refractivity contribution >= 4 is 39.5 Å². The number of hydrogen-bond acceptors (Lipinski definition) is 15. The fourth-order valence-corrected chi connectivity index (χ4v) is 14.0. The highest BCUT2D eigenvalue weighted by atomic mass is 31.2. The summed E-state index contributed by atoms with van der Waals surface area (Å²) < 4.78 is 68.7. The Morgan fingerprint density at radius 1 is 0.290 bits per heavy atom. The van der Waals surface area contributed by atoms with Gasteiger partial charge in [-0.25, -0.2) is 9.13 Å². The Bertz CT molecular complexity index is 1940. The van der Waals surface area contributed by atoms with Crippen molar-refractivity contribution in [2.45, 2.75) is 439 Å². The minimum atomic E-state index is -4.96. The SMILES string of the molecule is CCCCCCCCCCCCCCCCCCCCC(=O)OC[C@H](COP(=O)(O)OC[C@@H](O)COP(=O)(O)OC[C@@H](COC(=O)CCCCCCCCCCCC(C)C)OC(=O)CCCCCCCCCCCC(C)C)OC(=O)CCCCCCCCCCCCCCCCC(C)CC. The van der Waals surface area contributed by atoms with Crippen LogP contribution in [0.15, 0.2) is 0 Å². The molecule has 3 unspecified atom stereocenters. The summed E-state index contributed by atoms with van der Waals surface area (Å²) in [5.74, 6) is 0.214. The van der Waals surface area contributed by atoms with Gasteiger partial charge in [0.25, 0.3) is 0 Å². The van der Waals surface area contributed by atoms with E-state index in [1.807, 2.05) is 0 Å². The summed E-state index contributed by atoms with van der Waals surface area (Å²) in [6.45, 7) is 12.0. The zero-order valence-corrected chi connectivity index (χ0v) is 67.5. The van der Waals surface area contributed by atoms with Crippen LogP contribution >= 0.6 is 15.6 Å². The normalized spacial score (nSPS) is 14.2. The van der Waals surface area contributed by atoms with Gasteiger partial charge in [0.15, 0.2) is 12.2 Å². The highest BCUT2D eigenvalue weighted by molar-refractivity contribution is 7.47. The predicted molar refractivity (Wildman–Crippen MR) is 409 cm³/mol. The molecule has 0 aromatic carbocycles. The first-order valence-corrected chi connectivity index (χ1v) is 44.9. The van der Waals surface area contributed by atoms with Crippen LogP contribution in [-0.4, -0.2) is 96.7 Å². The highest BCUT2D eigenvalue weighted by Crippen LogP contribution is 2.45. The van der Waals surface area contributed by atoms with Gasteiger partial charge in [0.2, 0.25) is 0 Å². The summed E-state index contributed by atoms with van der Waals surface area (Å²) in [6.07, 6.45) is 59.6. The molecular weight excluding hydrogens is 1310 g/mol. The number of unbranched alkanes of at least 4 members (excludes halogenated alkanes) is 46. The van der Waals surface area contributed by atoms with Gasteiger partial charge in [0.1, 0.15) is 19.3 Å². The molecule has 0 rings (SSSR count). The van der Waals surface area contributed by atoms with Crippen molar-refractivity contribution in [1.82, 2.24) is 0 Å². The van der Waals surface area contributed by atoms with E-state index in [1.165, 1.54) is 231 Å². The van der Waals surface area contributed by atoms with E-state index in [9.17, 15) is 43.2 Å². The van der Waals surface area contributed by atoms with Gasteiger partial charge in [-0.1, -0.05) is 370 Å². The number of esters is 4. The Morgan fingerprint density at radius 2 is 0.510 bits per heavy atom. The summed E-state index contributed by atoms with van der Waals surface area (Å²) >= 11 is 0. The van der Waals surface area contributed by atoms with Crippen LogP contribution in [0.3, 0.4) is 0 Å². The molecule has 0 radical (unpaired) electrons. The van der Waals surface area contributed by atoms with Crippen LogP contribution in [0.4, 0.5) is 0 Å². The standard InChI is InChI=1S/C81H158O17P2/c1-8-10-11-12-13-14-15-16-17-18-19-20-24-27-34-41-48-55-62-78(83)91-68-76(97-80(85)64-57-50-43-35-28-25-22-21-23-26-33-40-47-54-61-74(7)9-2)70-95-99(87,88)93-66-75(82)67-94-100(89,90)96-71-77(98-81(86)65-58-51-44-37-30-32-39-46-53-60-73(5)6)69-92-79(84)63-56-49-42-36-29-31-38-45-52-59-72(3)4/h72-77,82H,8-71H2,1-7H3,(H,87,88)(H,89,90)/t74?,75-,76-,77-/m1/s1. The smallest absolute Gasteiger partial charge is 0.462 e. The zero-order valence-electron chi connectivity index (χ0n) is 65.7. The summed E-state index contributed by atoms with van der Waals surface area (Å²) in [5, 5.41) is 10.6. The van der Waals surface area contributed by atoms with E-state index in [-0.39, 0.29) is 25.7 Å². The number of ether oxygens (including phenoxy) is 4. The molecule has 0 spiro atoms. The van der Waals surface area contributed by atoms with Gasteiger partial charge >= 0.3 is 39.5 Å². The largest absolute Gasteiger partial charge is 0.472 e. The van der Waals surface area contributed by atoms with Crippen molar-refractivity contribution in [3.8, 4) is 0 Å². The van der Waals surface area contributed by atoms with Gasteiger partial charge in [-0.05, 0) is 43.4 Å². The molecule has 0 bridgehead atoms. The van der Waals surface area contributed by atoms with E-state index in [2.05, 4.69) is 48.5 Å². The molecule has 0 saturated carbocycles. The molecule has 6 atom stereocenters. The fourth-order valence-electron chi connectivity index (χ4n) is 12.5. The summed E-state index contributed by atoms with van der Waals surface area (Å²) in [4.78, 5) is 73.0. The second-order valence-corrected chi connectivity index (χ2v) is 33.3. The van der Waals surface area contributed by atoms with Crippen LogP contribution in [0.1, 0.15) is 421 Å². The number of phosphoric ester groups is 2. The second kappa shape index (κ2) is 71.3. The number of phosphoric acid groups is 2. The van der Waals surface area contributed by atoms with Crippen LogP contribution in [0.2, 0.25) is 0 Å². The first-order chi connectivity index (χ1) is 48.3. The van der Waals surface area contributed by atoms with Crippen molar-refractivity contribution in [3.05, 3.63) is 0 Å². The van der Waals surface area contributed by atoms with Crippen LogP contribution in [-0.2, 0) is 65.4 Å². The molecule has 594 valence electrons. The lowest BCUT2D eigenvalue weighted by Gasteiger charge is -2.21. The van der Waals surface area contributed by atoms with Crippen molar-refractivity contribution in [1.29, 1.82) is 0 Å². The fraction of sp³-hybridized carbons (Fsp3) is 0.951. The Morgan fingerprint density at radius 3 is 0.760 bits per heavy atom. The average Bonchev–Trinajstić information content (AvgIpc) is 1.73. The Balaban J connectivity index is 5.25. The zero-order chi connectivity index (χ0) is 73.7. The third kappa shape index (κ3) is 73.0. The van der Waals surface area contributed by atoms with Gasteiger partial charge in [-0.3, -0.25) is 37.3 Å². The molecule has 100 heavy (non-hydrogen) atoms. The summed E-state index contributed by atoms with van der Waals surface area (Å²) in [7, 11) is -9.92. The van der Waals surface area contributed by atoms with Crippen molar-refractivity contribution in [2.24, 2.45) is 17.8 Å². The number of carbonyl (C=O) groups is 4. The van der Waals surface area contributed by atoms with Crippen molar-refractivity contribution in [3.63, 3.8) is 0 Å². The molecule has 0 saturated heterocycles. The quantitative estimate of drug-likeness (QED) is 0.0222. The first-order valence-electron chi connectivity index (χ1n) is 41.9. The lowest BCUT2D eigenvalue weighted by Crippen LogP contribution is -2.30. The minimum Gasteiger partial charge on any atom is -0.462 e. The molecule has 0 aliphatic carbocycles. The molecule has 0 aliphatic heterocycles. The number of aliphatic hydroxyl groups excluding tert-OH is 1. The van der Waals surface area contributed by atoms with Gasteiger partial charge in [-0.2, -0.15) is 0 Å². The first kappa shape index (κ1) is 98.1. The van der Waals surface area contributed by atoms with Gasteiger partial charge in [-0.15, -0.1) is 0 Å². The number of hydrogen-bond donors (Lipinski definition) is 3. The second-order valence-electron chi connectivity index (χ2n) is 30.4. The van der Waals surface area contributed by atoms with Gasteiger partial charge in [0, 0.05) is 25.7 Å². The molecule has 17 nitrogen and oxygen atoms in total. The maximum Gasteiger partial charge on any atom is 0.472 e. The van der Waals surface area contributed by atoms with E-state index < -0.39 is 97.5 Å². The van der Waals surface area contributed by atoms with E-state index in [4.69, 9.17) is 37.0 Å². The van der Waals surface area contributed by atoms with Crippen molar-refractivity contribution in [2.75, 3.05) is 39.6 Å². The number of carbonyl (C=O) groups excluding carboxylic acids is 4. The van der Waals surface area contributed by atoms with E-state index in [1.54, 1.807) is 0 Å². The molecule has 0 fully saturated rings. The van der Waals surface area contributed by atoms with Gasteiger partial charge in [0.05, 0.1) is 26.4 Å². The Hall–Kier alpha value is -1.94. The third-order valence-electron chi connectivity index (χ3n) is 19.2. The van der Waals surface area contributed by atoms with Crippen LogP contribution in [0.5, 0.6) is 0 Å². The Labute approximate surface area is 613 Å². The molecule has 19 heteroatoms. The topological polar surface area (TPSA) is 237 Å². The number of aliphatic hydroxyl groups is 1. The maximum absolute atomic E-state index is 13.1. The molecule has 0 aliphatic rings. The Kier molecular flexibility index (Phi) is 69.9. The molecular formula is C81H158O17P2. The highest BCUT2D eigenvalue weighted by Gasteiger charge is 2.30. The summed E-state index contributed by atoms with van der Waals surface area (Å²) in [6, 6.07) is 0. The van der Waals surface area contributed by atoms with E-state index in [0.717, 1.165) is 108 Å². The molecule has 3 N–H and O–H groups in total. The van der Waals surface area contributed by atoms with Crippen molar-refractivity contribution < 1.29 is 80.2 Å².